The van der Waals surface area contributed by atoms with Gasteiger partial charge in [-0.3, -0.25) is 14.4 Å². The number of nitrogens with zero attached hydrogens (tertiary/aromatic N) is 1. The van der Waals surface area contributed by atoms with Gasteiger partial charge in [0.05, 0.1) is 31.0 Å². The summed E-state index contributed by atoms with van der Waals surface area (Å²) in [5.41, 5.74) is 3.22. The Morgan fingerprint density at radius 2 is 1.67 bits per heavy atom. The Morgan fingerprint density at radius 1 is 1.03 bits per heavy atom. The van der Waals surface area contributed by atoms with Crippen LogP contribution in [0.2, 0.25) is 0 Å². The Morgan fingerprint density at radius 3 is 2.33 bits per heavy atom. The van der Waals surface area contributed by atoms with Crippen molar-refractivity contribution in [3.8, 4) is 0 Å². The molecule has 39 heavy (non-hydrogen) atoms. The smallest absolute Gasteiger partial charge is 0.309 e. The third kappa shape index (κ3) is 8.65. The van der Waals surface area contributed by atoms with Gasteiger partial charge in [-0.15, -0.1) is 13.2 Å². The van der Waals surface area contributed by atoms with Gasteiger partial charge in [-0.2, -0.15) is 0 Å². The largest absolute Gasteiger partial charge is 0.461 e. The summed E-state index contributed by atoms with van der Waals surface area (Å²) in [6.07, 6.45) is 4.75. The van der Waals surface area contributed by atoms with Crippen LogP contribution in [-0.2, 0) is 38.5 Å². The molecule has 7 heteroatoms. The lowest BCUT2D eigenvalue weighted by molar-refractivity contribution is -0.153. The second-order valence-corrected chi connectivity index (χ2v) is 10.2. The summed E-state index contributed by atoms with van der Waals surface area (Å²) in [5, 5.41) is 12.8. The molecular weight excluding hydrogens is 492 g/mol. The summed E-state index contributed by atoms with van der Waals surface area (Å²) in [7, 11) is 0. The molecule has 3 rings (SSSR count). The summed E-state index contributed by atoms with van der Waals surface area (Å²) in [4.78, 5) is 40.8. The molecule has 2 aromatic carbocycles. The van der Waals surface area contributed by atoms with Gasteiger partial charge in [-0.1, -0.05) is 66.7 Å². The van der Waals surface area contributed by atoms with Gasteiger partial charge in [0.25, 0.3) is 0 Å². The van der Waals surface area contributed by atoms with E-state index in [2.05, 4.69) is 18.5 Å². The molecule has 2 amide bonds. The van der Waals surface area contributed by atoms with Gasteiger partial charge in [0, 0.05) is 13.0 Å². The summed E-state index contributed by atoms with van der Waals surface area (Å²) in [6, 6.07) is 17.3. The zero-order chi connectivity index (χ0) is 28.2. The van der Waals surface area contributed by atoms with Crippen LogP contribution < -0.4 is 5.32 Å². The number of aliphatic hydroxyl groups is 1. The first-order valence-corrected chi connectivity index (χ1v) is 13.6. The van der Waals surface area contributed by atoms with Crippen molar-refractivity contribution in [1.29, 1.82) is 0 Å². The van der Waals surface area contributed by atoms with E-state index in [0.717, 1.165) is 16.7 Å². The normalized spacial score (nSPS) is 16.8. The lowest BCUT2D eigenvalue weighted by atomic mass is 9.92. The predicted octanol–water partition coefficient (Wildman–Crippen LogP) is 4.00. The molecule has 7 nitrogen and oxygen atoms in total. The number of carbonyl (C=O) groups excluding carboxylic acids is 3. The quantitative estimate of drug-likeness (QED) is 0.283. The van der Waals surface area contributed by atoms with Crippen molar-refractivity contribution in [2.75, 3.05) is 13.2 Å². The molecule has 0 saturated heterocycles. The standard InChI is InChI=1S/C32H40N2O5/c1-4-11-26(19-30(36)34-21-28-16-10-9-15-25(28)18-29(34)22-35)31(37)33-20-23(3)39-32(38)27(12-5-2)17-24-13-7-6-8-14-24/h4-10,13-16,23,26-27,29,35H,1-2,11-12,17-22H2,3H3,(H,33,37)/t23-,26+,27+,29-/m0/s1. The number of ether oxygens (including phenoxy) is 1. The van der Waals surface area contributed by atoms with E-state index >= 15 is 0 Å². The third-order valence-corrected chi connectivity index (χ3v) is 7.12. The minimum Gasteiger partial charge on any atom is -0.461 e. The Bertz CT molecular complexity index is 1130. The fourth-order valence-electron chi connectivity index (χ4n) is 4.94. The minimum atomic E-state index is -0.610. The molecular formula is C32H40N2O5. The number of nitrogens with one attached hydrogen (secondary N) is 1. The molecule has 2 N–H and O–H groups in total. The first-order valence-electron chi connectivity index (χ1n) is 13.6. The minimum absolute atomic E-state index is 0.00315. The molecule has 1 aliphatic heterocycles. The molecule has 0 unspecified atom stereocenters. The average molecular weight is 533 g/mol. The second-order valence-electron chi connectivity index (χ2n) is 10.2. The Hall–Kier alpha value is -3.71. The highest BCUT2D eigenvalue weighted by molar-refractivity contribution is 5.86. The van der Waals surface area contributed by atoms with Crippen LogP contribution in [0, 0.1) is 11.8 Å². The highest BCUT2D eigenvalue weighted by Crippen LogP contribution is 2.25. The van der Waals surface area contributed by atoms with Gasteiger partial charge in [-0.25, -0.2) is 0 Å². The van der Waals surface area contributed by atoms with E-state index in [4.69, 9.17) is 4.74 Å². The van der Waals surface area contributed by atoms with Crippen LogP contribution in [-0.4, -0.2) is 53.1 Å². The SMILES string of the molecule is C=CC[C@H](CC(=O)N1Cc2ccccc2C[C@H]1CO)C(=O)NC[C@H](C)OC(=O)[C@H](CC=C)Cc1ccccc1. The lowest BCUT2D eigenvalue weighted by Gasteiger charge is -2.36. The van der Waals surface area contributed by atoms with Gasteiger partial charge in [0.1, 0.15) is 6.10 Å². The highest BCUT2D eigenvalue weighted by atomic mass is 16.5. The fourth-order valence-corrected chi connectivity index (χ4v) is 4.94. The highest BCUT2D eigenvalue weighted by Gasteiger charge is 2.32. The monoisotopic (exact) mass is 532 g/mol. The number of hydrogen-bond acceptors (Lipinski definition) is 5. The number of aliphatic hydroxyl groups excluding tert-OH is 1. The second kappa shape index (κ2) is 15.0. The van der Waals surface area contributed by atoms with E-state index in [0.29, 0.717) is 32.2 Å². The Labute approximate surface area is 231 Å². The van der Waals surface area contributed by atoms with Crippen LogP contribution in [0.5, 0.6) is 0 Å². The molecule has 0 bridgehead atoms. The van der Waals surface area contributed by atoms with Crippen molar-refractivity contribution in [2.24, 2.45) is 11.8 Å². The number of carbonyl (C=O) groups is 3. The van der Waals surface area contributed by atoms with Crippen LogP contribution in [0.4, 0.5) is 0 Å². The number of esters is 1. The summed E-state index contributed by atoms with van der Waals surface area (Å²) in [6.45, 7) is 9.64. The van der Waals surface area contributed by atoms with Gasteiger partial charge in [0.2, 0.25) is 11.8 Å². The number of amides is 2. The number of fused-ring (bicyclic) bond motifs is 1. The van der Waals surface area contributed by atoms with Crippen LogP contribution in [0.25, 0.3) is 0 Å². The van der Waals surface area contributed by atoms with Crippen molar-refractivity contribution >= 4 is 17.8 Å². The molecule has 0 radical (unpaired) electrons. The maximum absolute atomic E-state index is 13.3. The van der Waals surface area contributed by atoms with E-state index in [-0.39, 0.29) is 49.3 Å². The molecule has 2 aromatic rings. The predicted molar refractivity (Wildman–Crippen MR) is 152 cm³/mol. The zero-order valence-corrected chi connectivity index (χ0v) is 22.8. The van der Waals surface area contributed by atoms with Crippen LogP contribution in [0.3, 0.4) is 0 Å². The molecule has 0 fully saturated rings. The molecule has 208 valence electrons. The first kappa shape index (κ1) is 29.8. The summed E-state index contributed by atoms with van der Waals surface area (Å²) in [5.74, 6) is -1.78. The van der Waals surface area contributed by atoms with Gasteiger partial charge in [-0.05, 0) is 49.3 Å². The van der Waals surface area contributed by atoms with Crippen LogP contribution >= 0.6 is 0 Å². The van der Waals surface area contributed by atoms with E-state index in [1.54, 1.807) is 24.0 Å². The number of rotatable bonds is 14. The number of benzene rings is 2. The van der Waals surface area contributed by atoms with E-state index in [1.165, 1.54) is 0 Å². The maximum Gasteiger partial charge on any atom is 0.309 e. The van der Waals surface area contributed by atoms with Crippen LogP contribution in [0.15, 0.2) is 79.9 Å². The molecule has 1 aliphatic rings. The Kier molecular flexibility index (Phi) is 11.5. The first-order chi connectivity index (χ1) is 18.9. The molecule has 0 aliphatic carbocycles. The molecule has 0 spiro atoms. The number of allylic oxidation sites excluding steroid dienone is 2. The zero-order valence-electron chi connectivity index (χ0n) is 22.8. The maximum atomic E-state index is 13.3. The van der Waals surface area contributed by atoms with Crippen LogP contribution in [0.1, 0.15) is 42.9 Å². The molecule has 0 saturated carbocycles. The lowest BCUT2D eigenvalue weighted by Crippen LogP contribution is -2.47. The summed E-state index contributed by atoms with van der Waals surface area (Å²) >= 11 is 0. The van der Waals surface area contributed by atoms with Gasteiger partial charge < -0.3 is 20.1 Å². The van der Waals surface area contributed by atoms with Crippen molar-refractivity contribution < 1.29 is 24.2 Å². The third-order valence-electron chi connectivity index (χ3n) is 7.12. The van der Waals surface area contributed by atoms with E-state index in [9.17, 15) is 19.5 Å². The van der Waals surface area contributed by atoms with Crippen molar-refractivity contribution in [1.82, 2.24) is 10.2 Å². The average Bonchev–Trinajstić information content (AvgIpc) is 2.95. The number of hydrogen-bond donors (Lipinski definition) is 2. The van der Waals surface area contributed by atoms with Gasteiger partial charge in [0.15, 0.2) is 0 Å². The molecule has 4 atom stereocenters. The van der Waals surface area contributed by atoms with Crippen molar-refractivity contribution in [2.45, 2.75) is 57.7 Å². The molecule has 1 heterocycles. The van der Waals surface area contributed by atoms with E-state index in [1.807, 2.05) is 54.6 Å². The van der Waals surface area contributed by atoms with Crippen molar-refractivity contribution in [3.05, 3.63) is 96.6 Å². The van der Waals surface area contributed by atoms with E-state index < -0.39 is 12.0 Å². The summed E-state index contributed by atoms with van der Waals surface area (Å²) < 4.78 is 5.64. The van der Waals surface area contributed by atoms with Crippen molar-refractivity contribution in [3.63, 3.8) is 0 Å². The van der Waals surface area contributed by atoms with Gasteiger partial charge >= 0.3 is 5.97 Å². The Balaban J connectivity index is 1.54. The molecule has 0 aromatic heterocycles. The fraction of sp³-hybridized carbons (Fsp3) is 0.406. The topological polar surface area (TPSA) is 95.9 Å².